The predicted octanol–water partition coefficient (Wildman–Crippen LogP) is 5.38. The zero-order chi connectivity index (χ0) is 28.8. The molecule has 0 fully saturated rings. The normalized spacial score (nSPS) is 13.1. The quantitative estimate of drug-likeness (QED) is 0.0849. The van der Waals surface area contributed by atoms with Gasteiger partial charge in [0.05, 0.1) is 32.8 Å². The summed E-state index contributed by atoms with van der Waals surface area (Å²) in [7, 11) is -13.4. The van der Waals surface area contributed by atoms with Gasteiger partial charge in [0, 0.05) is 5.57 Å². The molecule has 0 saturated carbocycles. The van der Waals surface area contributed by atoms with E-state index < -0.39 is 31.1 Å². The lowest BCUT2D eigenvalue weighted by Crippen LogP contribution is -2.49. The molecule has 8 nitrogen and oxygen atoms in total. The van der Waals surface area contributed by atoms with Crippen molar-refractivity contribution in [2.75, 3.05) is 32.8 Å². The smallest absolute Gasteiger partial charge is 0.462 e. The van der Waals surface area contributed by atoms with Gasteiger partial charge in [0.15, 0.2) is 20.0 Å². The van der Waals surface area contributed by atoms with Crippen LogP contribution >= 0.6 is 0 Å². The van der Waals surface area contributed by atoms with Crippen LogP contribution in [0.5, 0.6) is 0 Å². The molecule has 0 radical (unpaired) electrons. The van der Waals surface area contributed by atoms with Crippen LogP contribution in [0.4, 0.5) is 26.3 Å². The van der Waals surface area contributed by atoms with Crippen LogP contribution in [0.1, 0.15) is 66.2 Å². The maximum Gasteiger partial charge on any atom is 0.480 e. The van der Waals surface area contributed by atoms with Crippen molar-refractivity contribution >= 4 is 26.0 Å². The fourth-order valence-corrected chi connectivity index (χ4v) is 4.87. The van der Waals surface area contributed by atoms with Crippen molar-refractivity contribution in [1.82, 2.24) is 0 Å². The molecule has 16 heteroatoms. The van der Waals surface area contributed by atoms with Gasteiger partial charge in [-0.05, 0) is 52.4 Å². The number of quaternary nitrogens is 1. The van der Waals surface area contributed by atoms with Crippen molar-refractivity contribution in [1.29, 1.82) is 0 Å². The van der Waals surface area contributed by atoms with E-state index in [1.165, 1.54) is 56.3 Å². The SMILES string of the molecule is C=C(C)C(=O)OCCCCCC[N+](CC)(CCC)CCC.O=S(=O)([N-]S(=O)(=O)C(F)(F)F)C(F)(F)F. The molecule has 0 aliphatic heterocycles. The van der Waals surface area contributed by atoms with Crippen LogP contribution in [0.15, 0.2) is 12.2 Å². The molecule has 36 heavy (non-hydrogen) atoms. The highest BCUT2D eigenvalue weighted by Gasteiger charge is 2.46. The Morgan fingerprint density at radius 1 is 0.806 bits per heavy atom. The van der Waals surface area contributed by atoms with E-state index in [0.717, 1.165) is 17.0 Å². The van der Waals surface area contributed by atoms with E-state index in [2.05, 4.69) is 27.4 Å². The summed E-state index contributed by atoms with van der Waals surface area (Å²) in [4.78, 5) is 11.2. The second kappa shape index (κ2) is 15.8. The second-order valence-corrected chi connectivity index (χ2v) is 11.5. The van der Waals surface area contributed by atoms with E-state index in [0.29, 0.717) is 12.2 Å². The topological polar surface area (TPSA) is 109 Å². The minimum atomic E-state index is -6.72. The van der Waals surface area contributed by atoms with Crippen LogP contribution in [0.25, 0.3) is 4.13 Å². The van der Waals surface area contributed by atoms with Gasteiger partial charge in [0.1, 0.15) is 0 Å². The van der Waals surface area contributed by atoms with Gasteiger partial charge in [0.2, 0.25) is 0 Å². The highest BCUT2D eigenvalue weighted by atomic mass is 32.3. The molecular weight excluding hydrogens is 542 g/mol. The van der Waals surface area contributed by atoms with Gasteiger partial charge in [-0.2, -0.15) is 26.3 Å². The maximum atomic E-state index is 11.4. The molecule has 0 aliphatic carbocycles. The van der Waals surface area contributed by atoms with E-state index in [1.807, 2.05) is 0 Å². The summed E-state index contributed by atoms with van der Waals surface area (Å²) in [5, 5.41) is 0. The zero-order valence-corrected chi connectivity index (χ0v) is 22.5. The van der Waals surface area contributed by atoms with E-state index in [9.17, 15) is 48.0 Å². The number of ether oxygens (including phenoxy) is 1. The lowest BCUT2D eigenvalue weighted by molar-refractivity contribution is -0.926. The highest BCUT2D eigenvalue weighted by molar-refractivity contribution is 8.13. The fraction of sp³-hybridized carbons (Fsp3) is 0.850. The lowest BCUT2D eigenvalue weighted by Gasteiger charge is -2.37. The van der Waals surface area contributed by atoms with Crippen LogP contribution < -0.4 is 0 Å². The number of unbranched alkanes of at least 4 members (excludes halogenated alkanes) is 3. The molecule has 0 aromatic rings. The summed E-state index contributed by atoms with van der Waals surface area (Å²) in [5.74, 6) is -0.262. The molecule has 0 rings (SSSR count). The Balaban J connectivity index is 0. The number of esters is 1. The zero-order valence-electron chi connectivity index (χ0n) is 20.9. The molecule has 0 aliphatic rings. The molecule has 0 bridgehead atoms. The number of hydrogen-bond acceptors (Lipinski definition) is 6. The largest absolute Gasteiger partial charge is 0.480 e. The van der Waals surface area contributed by atoms with Crippen molar-refractivity contribution in [2.45, 2.75) is 77.2 Å². The molecule has 0 N–H and O–H groups in total. The fourth-order valence-electron chi connectivity index (χ4n) is 3.16. The van der Waals surface area contributed by atoms with Crippen LogP contribution in [0.2, 0.25) is 0 Å². The Morgan fingerprint density at radius 2 is 1.22 bits per heavy atom. The van der Waals surface area contributed by atoms with Gasteiger partial charge in [-0.25, -0.2) is 21.6 Å². The number of carbonyl (C=O) groups excluding carboxylic acids is 1. The molecule has 216 valence electrons. The Hall–Kier alpha value is -1.39. The van der Waals surface area contributed by atoms with Gasteiger partial charge in [-0.3, -0.25) is 0 Å². The third-order valence-electron chi connectivity index (χ3n) is 4.96. The number of carbonyl (C=O) groups is 1. The van der Waals surface area contributed by atoms with Gasteiger partial charge in [-0.1, -0.05) is 20.4 Å². The maximum absolute atomic E-state index is 11.4. The first-order chi connectivity index (χ1) is 16.2. The summed E-state index contributed by atoms with van der Waals surface area (Å²) >= 11 is 0. The minimum Gasteiger partial charge on any atom is -0.462 e. The molecule has 0 unspecified atom stereocenters. The summed E-state index contributed by atoms with van der Waals surface area (Å²) in [5.41, 5.74) is -11.9. The number of sulfonamides is 2. The second-order valence-electron chi connectivity index (χ2n) is 8.08. The van der Waals surface area contributed by atoms with Crippen LogP contribution in [-0.2, 0) is 29.6 Å². The van der Waals surface area contributed by atoms with Crippen molar-refractivity contribution in [3.05, 3.63) is 16.3 Å². The molecule has 0 heterocycles. The summed E-state index contributed by atoms with van der Waals surface area (Å²) in [6.07, 6.45) is 7.16. The Bertz CT molecular complexity index is 839. The number of nitrogens with zero attached hydrogens (tertiary/aromatic N) is 2. The van der Waals surface area contributed by atoms with Gasteiger partial charge in [0.25, 0.3) is 0 Å². The Labute approximate surface area is 209 Å². The summed E-state index contributed by atoms with van der Waals surface area (Å²) in [6.45, 7) is 17.8. The monoisotopic (exact) mass is 578 g/mol. The van der Waals surface area contributed by atoms with E-state index >= 15 is 0 Å². The number of rotatable bonds is 15. The standard InChI is InChI=1S/C18H36NO2.C2F6NO4S2/c1-6-13-19(8-3,14-7-2)15-11-9-10-12-16-21-18(20)17(4)5;3-1(4,5)14(10,11)9-15(12,13)2(6,7)8/h4,6-16H2,1-3,5H3;/q+1;-1. The first-order valence-corrected chi connectivity index (χ1v) is 14.1. The average molecular weight is 579 g/mol. The van der Waals surface area contributed by atoms with Crippen molar-refractivity contribution < 1.29 is 57.2 Å². The average Bonchev–Trinajstić information content (AvgIpc) is 2.71. The number of alkyl halides is 6. The third kappa shape index (κ3) is 13.8. The molecule has 0 spiro atoms. The van der Waals surface area contributed by atoms with E-state index in [1.54, 1.807) is 6.92 Å². The minimum absolute atomic E-state index is 0.262. The first-order valence-electron chi connectivity index (χ1n) is 11.3. The molecule has 0 atom stereocenters. The predicted molar refractivity (Wildman–Crippen MR) is 124 cm³/mol. The van der Waals surface area contributed by atoms with Gasteiger partial charge < -0.3 is 13.3 Å². The van der Waals surface area contributed by atoms with Crippen molar-refractivity contribution in [2.24, 2.45) is 0 Å². The van der Waals surface area contributed by atoms with Crippen LogP contribution in [-0.4, -0.2) is 71.1 Å². The van der Waals surface area contributed by atoms with E-state index in [4.69, 9.17) is 4.74 Å². The molecule has 0 aromatic carbocycles. The van der Waals surface area contributed by atoms with Crippen molar-refractivity contribution in [3.63, 3.8) is 0 Å². The molecule has 0 aromatic heterocycles. The van der Waals surface area contributed by atoms with Crippen LogP contribution in [0, 0.1) is 0 Å². The van der Waals surface area contributed by atoms with Gasteiger partial charge >= 0.3 is 17.0 Å². The Kier molecular flexibility index (Phi) is 16.1. The molecule has 0 saturated heterocycles. The summed E-state index contributed by atoms with van der Waals surface area (Å²) < 4.78 is 116. The molecular formula is C20H36F6N2O6S2. The first kappa shape index (κ1) is 36.8. The van der Waals surface area contributed by atoms with Gasteiger partial charge in [-0.15, -0.1) is 0 Å². The van der Waals surface area contributed by atoms with E-state index in [-0.39, 0.29) is 5.97 Å². The third-order valence-corrected chi connectivity index (χ3v) is 7.70. The van der Waals surface area contributed by atoms with Crippen molar-refractivity contribution in [3.8, 4) is 0 Å². The lowest BCUT2D eigenvalue weighted by atomic mass is 10.1. The van der Waals surface area contributed by atoms with Crippen LogP contribution in [0.3, 0.4) is 0 Å². The summed E-state index contributed by atoms with van der Waals surface area (Å²) in [6, 6.07) is 0. The molecule has 0 amide bonds. The Morgan fingerprint density at radius 3 is 1.56 bits per heavy atom. The number of hydrogen-bond donors (Lipinski definition) is 0. The number of halogens is 6. The highest BCUT2D eigenvalue weighted by Crippen LogP contribution is 2.36.